The third-order valence-corrected chi connectivity index (χ3v) is 5.18. The maximum Gasteiger partial charge on any atom is 0.411 e. The molecule has 27 heavy (non-hydrogen) atoms. The summed E-state index contributed by atoms with van der Waals surface area (Å²) in [4.78, 5) is 12.1. The first-order chi connectivity index (χ1) is 12.7. The van der Waals surface area contributed by atoms with Crippen LogP contribution in [0.1, 0.15) is 15.9 Å². The number of nitrogens with one attached hydrogen (secondary N) is 1. The molecule has 1 amide bonds. The van der Waals surface area contributed by atoms with Crippen LogP contribution in [-0.2, 0) is 20.3 Å². The Morgan fingerprint density at radius 3 is 2.22 bits per heavy atom. The SMILES string of the molecule is O=C(NCCOCC(F)(F)F)c1ccc(CS(=O)(=O)c2ccccc2)cc1. The molecule has 0 spiro atoms. The molecular weight excluding hydrogens is 383 g/mol. The number of carbonyl (C=O) groups is 1. The van der Waals surface area contributed by atoms with Gasteiger partial charge in [-0.1, -0.05) is 30.3 Å². The third-order valence-electron chi connectivity index (χ3n) is 3.47. The minimum absolute atomic E-state index is 0.0704. The van der Waals surface area contributed by atoms with E-state index in [-0.39, 0.29) is 29.4 Å². The molecule has 0 aliphatic carbocycles. The highest BCUT2D eigenvalue weighted by Crippen LogP contribution is 2.17. The summed E-state index contributed by atoms with van der Waals surface area (Å²) in [6, 6.07) is 14.0. The van der Waals surface area contributed by atoms with Gasteiger partial charge in [0.05, 0.1) is 17.3 Å². The second kappa shape index (κ2) is 9.01. The topological polar surface area (TPSA) is 72.5 Å². The van der Waals surface area contributed by atoms with Gasteiger partial charge in [-0.05, 0) is 29.8 Å². The molecule has 0 aliphatic rings. The molecule has 0 radical (unpaired) electrons. The van der Waals surface area contributed by atoms with Crippen LogP contribution >= 0.6 is 0 Å². The molecule has 0 saturated carbocycles. The summed E-state index contributed by atoms with van der Waals surface area (Å²) in [6.07, 6.45) is -4.40. The number of ether oxygens (including phenoxy) is 1. The molecule has 2 aromatic carbocycles. The maximum absolute atomic E-state index is 12.3. The number of halogens is 3. The van der Waals surface area contributed by atoms with Crippen molar-refractivity contribution in [1.82, 2.24) is 5.32 Å². The van der Waals surface area contributed by atoms with Crippen LogP contribution in [0, 0.1) is 0 Å². The van der Waals surface area contributed by atoms with Crippen molar-refractivity contribution >= 4 is 15.7 Å². The van der Waals surface area contributed by atoms with Gasteiger partial charge in [0.15, 0.2) is 9.84 Å². The minimum atomic E-state index is -4.40. The van der Waals surface area contributed by atoms with Crippen LogP contribution < -0.4 is 5.32 Å². The van der Waals surface area contributed by atoms with Gasteiger partial charge in [0, 0.05) is 12.1 Å². The van der Waals surface area contributed by atoms with Crippen molar-refractivity contribution in [2.45, 2.75) is 16.8 Å². The first kappa shape index (κ1) is 20.9. The highest BCUT2D eigenvalue weighted by Gasteiger charge is 2.27. The Kier molecular flexibility index (Phi) is 6.98. The average Bonchev–Trinajstić information content (AvgIpc) is 2.61. The summed E-state index contributed by atoms with van der Waals surface area (Å²) in [5.41, 5.74) is 0.788. The molecule has 0 heterocycles. The summed E-state index contributed by atoms with van der Waals surface area (Å²) < 4.78 is 64.8. The molecule has 0 fully saturated rings. The lowest BCUT2D eigenvalue weighted by molar-refractivity contribution is -0.173. The number of rotatable bonds is 8. The van der Waals surface area contributed by atoms with Crippen molar-refractivity contribution in [2.24, 2.45) is 0 Å². The number of amides is 1. The van der Waals surface area contributed by atoms with Crippen LogP contribution in [0.2, 0.25) is 0 Å². The Bertz CT molecular complexity index is 850. The molecule has 0 atom stereocenters. The van der Waals surface area contributed by atoms with Gasteiger partial charge in [-0.15, -0.1) is 0 Å². The number of hydrogen-bond donors (Lipinski definition) is 1. The Morgan fingerprint density at radius 2 is 1.63 bits per heavy atom. The minimum Gasteiger partial charge on any atom is -0.370 e. The van der Waals surface area contributed by atoms with Crippen molar-refractivity contribution in [2.75, 3.05) is 19.8 Å². The Hall–Kier alpha value is -2.39. The number of carbonyl (C=O) groups excluding carboxylic acids is 1. The lowest BCUT2D eigenvalue weighted by Gasteiger charge is -2.09. The molecule has 0 bridgehead atoms. The van der Waals surface area contributed by atoms with E-state index < -0.39 is 28.5 Å². The fourth-order valence-corrected chi connectivity index (χ4v) is 3.58. The van der Waals surface area contributed by atoms with E-state index in [0.29, 0.717) is 5.56 Å². The van der Waals surface area contributed by atoms with Crippen molar-refractivity contribution < 1.29 is 31.1 Å². The molecule has 5 nitrogen and oxygen atoms in total. The summed E-state index contributed by atoms with van der Waals surface area (Å²) >= 11 is 0. The van der Waals surface area contributed by atoms with Crippen molar-refractivity contribution in [3.63, 3.8) is 0 Å². The Balaban J connectivity index is 1.86. The van der Waals surface area contributed by atoms with Crippen LogP contribution in [0.4, 0.5) is 13.2 Å². The van der Waals surface area contributed by atoms with Gasteiger partial charge in [0.25, 0.3) is 5.91 Å². The standard InChI is InChI=1S/C18H18F3NO4S/c19-18(20,21)13-26-11-10-22-17(23)15-8-6-14(7-9-15)12-27(24,25)16-4-2-1-3-5-16/h1-9H,10-13H2,(H,22,23). The molecule has 9 heteroatoms. The zero-order chi connectivity index (χ0) is 19.9. The monoisotopic (exact) mass is 401 g/mol. The zero-order valence-electron chi connectivity index (χ0n) is 14.2. The van der Waals surface area contributed by atoms with Gasteiger partial charge in [-0.25, -0.2) is 8.42 Å². The van der Waals surface area contributed by atoms with Crippen molar-refractivity contribution in [3.8, 4) is 0 Å². The van der Waals surface area contributed by atoms with E-state index >= 15 is 0 Å². The second-order valence-electron chi connectivity index (χ2n) is 5.69. The summed E-state index contributed by atoms with van der Waals surface area (Å²) in [5, 5.41) is 2.43. The number of sulfone groups is 1. The highest BCUT2D eigenvalue weighted by molar-refractivity contribution is 7.90. The van der Waals surface area contributed by atoms with Gasteiger partial charge in [0.1, 0.15) is 6.61 Å². The van der Waals surface area contributed by atoms with E-state index in [2.05, 4.69) is 10.1 Å². The third kappa shape index (κ3) is 7.03. The van der Waals surface area contributed by atoms with Crippen LogP contribution in [0.15, 0.2) is 59.5 Å². The number of benzene rings is 2. The molecular formula is C18H18F3NO4S. The van der Waals surface area contributed by atoms with Crippen molar-refractivity contribution in [3.05, 3.63) is 65.7 Å². The van der Waals surface area contributed by atoms with Crippen LogP contribution in [-0.4, -0.2) is 40.3 Å². The van der Waals surface area contributed by atoms with Gasteiger partial charge < -0.3 is 10.1 Å². The fraction of sp³-hybridized carbons (Fsp3) is 0.278. The molecule has 0 unspecified atom stereocenters. The van der Waals surface area contributed by atoms with E-state index in [4.69, 9.17) is 0 Å². The van der Waals surface area contributed by atoms with Gasteiger partial charge >= 0.3 is 6.18 Å². The predicted molar refractivity (Wildman–Crippen MR) is 93.0 cm³/mol. The lowest BCUT2D eigenvalue weighted by atomic mass is 10.1. The fourth-order valence-electron chi connectivity index (χ4n) is 2.21. The summed E-state index contributed by atoms with van der Waals surface area (Å²) in [6.45, 7) is -1.70. The van der Waals surface area contributed by atoms with E-state index in [1.54, 1.807) is 18.2 Å². The largest absolute Gasteiger partial charge is 0.411 e. The van der Waals surface area contributed by atoms with Crippen LogP contribution in [0.5, 0.6) is 0 Å². The molecule has 2 rings (SSSR count). The molecule has 2 aromatic rings. The van der Waals surface area contributed by atoms with Gasteiger partial charge in [0.2, 0.25) is 0 Å². The maximum atomic E-state index is 12.3. The molecule has 0 saturated heterocycles. The summed E-state index contributed by atoms with van der Waals surface area (Å²) in [7, 11) is -3.49. The van der Waals surface area contributed by atoms with E-state index in [0.717, 1.165) is 0 Å². The molecule has 1 N–H and O–H groups in total. The molecule has 0 aliphatic heterocycles. The van der Waals surface area contributed by atoms with E-state index in [1.807, 2.05) is 0 Å². The van der Waals surface area contributed by atoms with Crippen molar-refractivity contribution in [1.29, 1.82) is 0 Å². The average molecular weight is 401 g/mol. The summed E-state index contributed by atoms with van der Waals surface area (Å²) in [5.74, 6) is -0.687. The number of alkyl halides is 3. The van der Waals surface area contributed by atoms with E-state index in [1.165, 1.54) is 36.4 Å². The predicted octanol–water partition coefficient (Wildman–Crippen LogP) is 2.97. The number of hydrogen-bond acceptors (Lipinski definition) is 4. The van der Waals surface area contributed by atoms with Crippen LogP contribution in [0.25, 0.3) is 0 Å². The molecule has 0 aromatic heterocycles. The first-order valence-corrected chi connectivity index (χ1v) is 9.62. The van der Waals surface area contributed by atoms with E-state index in [9.17, 15) is 26.4 Å². The highest BCUT2D eigenvalue weighted by atomic mass is 32.2. The lowest BCUT2D eigenvalue weighted by Crippen LogP contribution is -2.28. The Labute approximate surface area is 155 Å². The Morgan fingerprint density at radius 1 is 1.00 bits per heavy atom. The first-order valence-electron chi connectivity index (χ1n) is 7.97. The normalized spacial score (nSPS) is 12.0. The van der Waals surface area contributed by atoms with Gasteiger partial charge in [-0.2, -0.15) is 13.2 Å². The smallest absolute Gasteiger partial charge is 0.370 e. The van der Waals surface area contributed by atoms with Gasteiger partial charge in [-0.3, -0.25) is 4.79 Å². The zero-order valence-corrected chi connectivity index (χ0v) is 15.0. The quantitative estimate of drug-likeness (QED) is 0.691. The molecule has 146 valence electrons. The van der Waals surface area contributed by atoms with Crippen LogP contribution in [0.3, 0.4) is 0 Å². The second-order valence-corrected chi connectivity index (χ2v) is 7.68.